The van der Waals surface area contributed by atoms with Gasteiger partial charge >= 0.3 is 0 Å². The molecule has 0 saturated heterocycles. The van der Waals surface area contributed by atoms with Crippen LogP contribution in [0.1, 0.15) is 26.7 Å². The Morgan fingerprint density at radius 3 is 2.20 bits per heavy atom. The van der Waals surface area contributed by atoms with E-state index < -0.39 is 0 Å². The van der Waals surface area contributed by atoms with Crippen molar-refractivity contribution >= 4 is 17.5 Å². The molecule has 0 bridgehead atoms. The molecule has 1 aromatic heterocycles. The fourth-order valence-corrected chi connectivity index (χ4v) is 1.70. The molecule has 1 N–H and O–H groups in total. The first-order valence-corrected chi connectivity index (χ1v) is 6.17. The summed E-state index contributed by atoms with van der Waals surface area (Å²) in [5, 5.41) is 2.71. The van der Waals surface area contributed by atoms with Gasteiger partial charge in [0.15, 0.2) is 5.76 Å². The van der Waals surface area contributed by atoms with E-state index in [0.717, 1.165) is 0 Å². The summed E-state index contributed by atoms with van der Waals surface area (Å²) in [7, 11) is 3.38. The van der Waals surface area contributed by atoms with Crippen molar-refractivity contribution in [1.82, 2.24) is 4.90 Å². The van der Waals surface area contributed by atoms with Gasteiger partial charge < -0.3 is 14.6 Å². The van der Waals surface area contributed by atoms with Gasteiger partial charge in [0.1, 0.15) is 5.76 Å². The first kappa shape index (κ1) is 13.9. The number of hydrogen-bond donors (Lipinski definition) is 1. The Labute approximate surface area is 117 Å². The van der Waals surface area contributed by atoms with Crippen molar-refractivity contribution in [3.8, 4) is 0 Å². The normalized spacial score (nSPS) is 10.2. The van der Waals surface area contributed by atoms with Crippen LogP contribution in [0.15, 0.2) is 40.8 Å². The Balaban J connectivity index is 2.07. The fourth-order valence-electron chi connectivity index (χ4n) is 1.70. The van der Waals surface area contributed by atoms with Crippen molar-refractivity contribution < 1.29 is 14.0 Å². The number of nitrogens with zero attached hydrogens (tertiary/aromatic N) is 1. The predicted molar refractivity (Wildman–Crippen MR) is 75.9 cm³/mol. The number of amides is 2. The van der Waals surface area contributed by atoms with Crippen molar-refractivity contribution in [2.24, 2.45) is 0 Å². The molecule has 5 nitrogen and oxygen atoms in total. The monoisotopic (exact) mass is 272 g/mol. The van der Waals surface area contributed by atoms with E-state index in [-0.39, 0.29) is 17.6 Å². The zero-order chi connectivity index (χ0) is 14.7. The number of hydrogen-bond acceptors (Lipinski definition) is 3. The zero-order valence-corrected chi connectivity index (χ0v) is 11.6. The molecule has 0 unspecified atom stereocenters. The number of aryl methyl sites for hydroxylation is 1. The summed E-state index contributed by atoms with van der Waals surface area (Å²) in [6, 6.07) is 10.1. The quantitative estimate of drug-likeness (QED) is 0.934. The summed E-state index contributed by atoms with van der Waals surface area (Å²) < 4.78 is 5.24. The molecule has 2 amide bonds. The first-order valence-electron chi connectivity index (χ1n) is 6.17. The standard InChI is InChI=1S/C15H16N2O3/c1-10-4-9-13(20-10)14(18)16-12-7-5-11(6-8-12)15(19)17(2)3/h4-9H,1-3H3,(H,16,18). The average Bonchev–Trinajstić information content (AvgIpc) is 2.85. The highest BCUT2D eigenvalue weighted by Crippen LogP contribution is 2.13. The number of carbonyl (C=O) groups excluding carboxylic acids is 2. The molecule has 0 radical (unpaired) electrons. The van der Waals surface area contributed by atoms with Crippen LogP contribution in [0, 0.1) is 6.92 Å². The van der Waals surface area contributed by atoms with Crippen LogP contribution in [0.2, 0.25) is 0 Å². The number of benzene rings is 1. The van der Waals surface area contributed by atoms with Crippen LogP contribution in [0.3, 0.4) is 0 Å². The molecule has 0 aliphatic carbocycles. The van der Waals surface area contributed by atoms with E-state index in [0.29, 0.717) is 17.0 Å². The van der Waals surface area contributed by atoms with Gasteiger partial charge in [-0.15, -0.1) is 0 Å². The third-order valence-corrected chi connectivity index (χ3v) is 2.76. The summed E-state index contributed by atoms with van der Waals surface area (Å²) in [6.07, 6.45) is 0. The SMILES string of the molecule is Cc1ccc(C(=O)Nc2ccc(C(=O)N(C)C)cc2)o1. The Morgan fingerprint density at radius 2 is 1.70 bits per heavy atom. The molecule has 0 atom stereocenters. The molecule has 1 heterocycles. The van der Waals surface area contributed by atoms with Gasteiger partial charge in [-0.3, -0.25) is 9.59 Å². The maximum Gasteiger partial charge on any atom is 0.291 e. The van der Waals surface area contributed by atoms with Gasteiger partial charge in [0.2, 0.25) is 0 Å². The fraction of sp³-hybridized carbons (Fsp3) is 0.200. The minimum atomic E-state index is -0.315. The van der Waals surface area contributed by atoms with Crippen molar-refractivity contribution in [2.45, 2.75) is 6.92 Å². The third kappa shape index (κ3) is 3.06. The van der Waals surface area contributed by atoms with Crippen LogP contribution in [-0.2, 0) is 0 Å². The lowest BCUT2D eigenvalue weighted by Gasteiger charge is -2.10. The van der Waals surface area contributed by atoms with Crippen LogP contribution in [-0.4, -0.2) is 30.8 Å². The maximum atomic E-state index is 11.9. The van der Waals surface area contributed by atoms with E-state index >= 15 is 0 Å². The summed E-state index contributed by atoms with van der Waals surface area (Å²) in [5.41, 5.74) is 1.18. The lowest BCUT2D eigenvalue weighted by atomic mass is 10.2. The Bertz CT molecular complexity index is 627. The Kier molecular flexibility index (Phi) is 3.89. The summed E-state index contributed by atoms with van der Waals surface area (Å²) in [4.78, 5) is 25.1. The van der Waals surface area contributed by atoms with Crippen LogP contribution in [0.25, 0.3) is 0 Å². The van der Waals surface area contributed by atoms with E-state index in [9.17, 15) is 9.59 Å². The smallest absolute Gasteiger partial charge is 0.291 e. The van der Waals surface area contributed by atoms with E-state index in [1.54, 1.807) is 57.4 Å². The lowest BCUT2D eigenvalue weighted by molar-refractivity contribution is 0.0827. The highest BCUT2D eigenvalue weighted by Gasteiger charge is 2.11. The van der Waals surface area contributed by atoms with E-state index in [1.165, 1.54) is 4.90 Å². The van der Waals surface area contributed by atoms with Crippen molar-refractivity contribution in [2.75, 3.05) is 19.4 Å². The van der Waals surface area contributed by atoms with Crippen molar-refractivity contribution in [1.29, 1.82) is 0 Å². The molecule has 2 aromatic rings. The van der Waals surface area contributed by atoms with Gasteiger partial charge in [0.25, 0.3) is 11.8 Å². The molecule has 104 valence electrons. The topological polar surface area (TPSA) is 62.6 Å². The van der Waals surface area contributed by atoms with Crippen LogP contribution < -0.4 is 5.32 Å². The molecule has 0 aliphatic heterocycles. The predicted octanol–water partition coefficient (Wildman–Crippen LogP) is 2.54. The number of nitrogens with one attached hydrogen (secondary N) is 1. The molecule has 2 rings (SSSR count). The van der Waals surface area contributed by atoms with Crippen LogP contribution >= 0.6 is 0 Å². The summed E-state index contributed by atoms with van der Waals surface area (Å²) >= 11 is 0. The molecule has 1 aromatic carbocycles. The number of anilines is 1. The van der Waals surface area contributed by atoms with Crippen molar-refractivity contribution in [3.05, 3.63) is 53.5 Å². The second-order valence-electron chi connectivity index (χ2n) is 4.64. The molecule has 0 saturated carbocycles. The summed E-state index contributed by atoms with van der Waals surface area (Å²) in [5.74, 6) is 0.548. The first-order chi connectivity index (χ1) is 9.47. The molecular weight excluding hydrogens is 256 g/mol. The average molecular weight is 272 g/mol. The minimum absolute atomic E-state index is 0.0791. The van der Waals surface area contributed by atoms with Gasteiger partial charge in [0, 0.05) is 25.3 Å². The molecular formula is C15H16N2O3. The second-order valence-corrected chi connectivity index (χ2v) is 4.64. The zero-order valence-electron chi connectivity index (χ0n) is 11.6. The largest absolute Gasteiger partial charge is 0.456 e. The summed E-state index contributed by atoms with van der Waals surface area (Å²) in [6.45, 7) is 1.78. The lowest BCUT2D eigenvalue weighted by Crippen LogP contribution is -2.21. The van der Waals surface area contributed by atoms with Gasteiger partial charge in [0.05, 0.1) is 0 Å². The Morgan fingerprint density at radius 1 is 1.05 bits per heavy atom. The van der Waals surface area contributed by atoms with Crippen LogP contribution in [0.5, 0.6) is 0 Å². The van der Waals surface area contributed by atoms with Gasteiger partial charge in [-0.2, -0.15) is 0 Å². The highest BCUT2D eigenvalue weighted by molar-refractivity contribution is 6.02. The van der Waals surface area contributed by atoms with E-state index in [1.807, 2.05) is 0 Å². The second kappa shape index (κ2) is 5.61. The number of rotatable bonds is 3. The van der Waals surface area contributed by atoms with E-state index in [4.69, 9.17) is 4.42 Å². The van der Waals surface area contributed by atoms with Gasteiger partial charge in [-0.05, 0) is 43.3 Å². The molecule has 0 aliphatic rings. The molecule has 0 fully saturated rings. The number of furan rings is 1. The van der Waals surface area contributed by atoms with Crippen LogP contribution in [0.4, 0.5) is 5.69 Å². The maximum absolute atomic E-state index is 11.9. The van der Waals surface area contributed by atoms with Gasteiger partial charge in [-0.1, -0.05) is 0 Å². The molecule has 5 heteroatoms. The molecule has 20 heavy (non-hydrogen) atoms. The Hall–Kier alpha value is -2.56. The highest BCUT2D eigenvalue weighted by atomic mass is 16.3. The van der Waals surface area contributed by atoms with Crippen molar-refractivity contribution in [3.63, 3.8) is 0 Å². The number of carbonyl (C=O) groups is 2. The third-order valence-electron chi connectivity index (χ3n) is 2.76. The minimum Gasteiger partial charge on any atom is -0.456 e. The van der Waals surface area contributed by atoms with E-state index in [2.05, 4.69) is 5.32 Å². The van der Waals surface area contributed by atoms with Gasteiger partial charge in [-0.25, -0.2) is 0 Å². The molecule has 0 spiro atoms.